The molecular weight excluding hydrogens is 301 g/mol. The first-order valence-corrected chi connectivity index (χ1v) is 6.72. The van der Waals surface area contributed by atoms with Gasteiger partial charge in [-0.3, -0.25) is 9.59 Å². The Bertz CT molecular complexity index is 576. The normalized spacial score (nSPS) is 16.6. The highest BCUT2D eigenvalue weighted by Gasteiger charge is 2.27. The highest BCUT2D eigenvalue weighted by Crippen LogP contribution is 2.16. The third kappa shape index (κ3) is 3.22. The van der Waals surface area contributed by atoms with Crippen LogP contribution in [0.15, 0.2) is 12.1 Å². The van der Waals surface area contributed by atoms with E-state index in [2.05, 4.69) is 0 Å². The first-order chi connectivity index (χ1) is 10.3. The van der Waals surface area contributed by atoms with Crippen molar-refractivity contribution in [2.75, 3.05) is 26.2 Å². The molecule has 0 bridgehead atoms. The number of nitrogens with zero attached hydrogens (tertiary/aromatic N) is 2. The molecule has 1 atom stereocenters. The van der Waals surface area contributed by atoms with Crippen molar-refractivity contribution in [2.45, 2.75) is 13.0 Å². The Balaban J connectivity index is 2.05. The average molecular weight is 316 g/mol. The molecule has 2 amide bonds. The summed E-state index contributed by atoms with van der Waals surface area (Å²) in [6, 6.07) is 1.29. The van der Waals surface area contributed by atoms with Crippen LogP contribution in [0.1, 0.15) is 17.3 Å². The smallest absolute Gasteiger partial charge is 0.254 e. The number of rotatable bonds is 2. The maximum absolute atomic E-state index is 13.2. The van der Waals surface area contributed by atoms with Gasteiger partial charge >= 0.3 is 0 Å². The predicted octanol–water partition coefficient (Wildman–Crippen LogP) is 0.769. The van der Waals surface area contributed by atoms with Crippen LogP contribution in [-0.4, -0.2) is 59.0 Å². The number of amides is 2. The molecule has 1 aromatic carbocycles. The number of halogens is 3. The molecule has 1 aliphatic heterocycles. The highest BCUT2D eigenvalue weighted by atomic mass is 19.2. The van der Waals surface area contributed by atoms with E-state index in [1.807, 2.05) is 0 Å². The summed E-state index contributed by atoms with van der Waals surface area (Å²) in [5, 5.41) is 9.22. The third-order valence-corrected chi connectivity index (χ3v) is 3.47. The van der Waals surface area contributed by atoms with Gasteiger partial charge in [-0.2, -0.15) is 0 Å². The second kappa shape index (κ2) is 6.35. The van der Waals surface area contributed by atoms with Gasteiger partial charge in [-0.1, -0.05) is 0 Å². The molecule has 2 rings (SSSR count). The fourth-order valence-electron chi connectivity index (χ4n) is 2.26. The summed E-state index contributed by atoms with van der Waals surface area (Å²) >= 11 is 0. The number of piperazine rings is 1. The first-order valence-electron chi connectivity index (χ1n) is 6.72. The van der Waals surface area contributed by atoms with Gasteiger partial charge < -0.3 is 14.9 Å². The summed E-state index contributed by atoms with van der Waals surface area (Å²) in [5.74, 6) is -5.55. The quantitative estimate of drug-likeness (QED) is 0.820. The summed E-state index contributed by atoms with van der Waals surface area (Å²) in [7, 11) is 0. The highest BCUT2D eigenvalue weighted by molar-refractivity contribution is 5.94. The maximum Gasteiger partial charge on any atom is 0.254 e. The molecule has 120 valence electrons. The van der Waals surface area contributed by atoms with Crippen LogP contribution < -0.4 is 0 Å². The van der Waals surface area contributed by atoms with Gasteiger partial charge in [0.25, 0.3) is 11.8 Å². The van der Waals surface area contributed by atoms with Crippen LogP contribution in [0.2, 0.25) is 0 Å². The Morgan fingerprint density at radius 2 is 1.50 bits per heavy atom. The van der Waals surface area contributed by atoms with Crippen molar-refractivity contribution in [3.63, 3.8) is 0 Å². The van der Waals surface area contributed by atoms with E-state index in [0.29, 0.717) is 12.1 Å². The first kappa shape index (κ1) is 16.3. The molecular formula is C14H15F3N2O3. The van der Waals surface area contributed by atoms with E-state index in [1.54, 1.807) is 0 Å². The molecule has 0 saturated carbocycles. The second-order valence-electron chi connectivity index (χ2n) is 5.05. The van der Waals surface area contributed by atoms with Gasteiger partial charge in [0.15, 0.2) is 17.5 Å². The Kier molecular flexibility index (Phi) is 4.70. The minimum absolute atomic E-state index is 0.165. The van der Waals surface area contributed by atoms with Crippen molar-refractivity contribution in [1.82, 2.24) is 9.80 Å². The fourth-order valence-corrected chi connectivity index (χ4v) is 2.26. The van der Waals surface area contributed by atoms with Crippen LogP contribution in [-0.2, 0) is 4.79 Å². The molecule has 8 heteroatoms. The third-order valence-electron chi connectivity index (χ3n) is 3.47. The second-order valence-corrected chi connectivity index (χ2v) is 5.05. The molecule has 5 nitrogen and oxygen atoms in total. The zero-order valence-corrected chi connectivity index (χ0v) is 11.9. The molecule has 0 radical (unpaired) electrons. The molecule has 1 N–H and O–H groups in total. The summed E-state index contributed by atoms with van der Waals surface area (Å²) < 4.78 is 39.2. The number of hydrogen-bond acceptors (Lipinski definition) is 3. The van der Waals surface area contributed by atoms with Crippen molar-refractivity contribution in [3.05, 3.63) is 35.1 Å². The molecule has 1 fully saturated rings. The Labute approximate surface area is 124 Å². The van der Waals surface area contributed by atoms with E-state index in [-0.39, 0.29) is 31.7 Å². The zero-order valence-electron chi connectivity index (χ0n) is 11.9. The molecule has 22 heavy (non-hydrogen) atoms. The van der Waals surface area contributed by atoms with Crippen molar-refractivity contribution in [1.29, 1.82) is 0 Å². The number of carbonyl (C=O) groups is 2. The number of aliphatic hydroxyl groups is 1. The van der Waals surface area contributed by atoms with E-state index >= 15 is 0 Å². The molecule has 0 aromatic heterocycles. The van der Waals surface area contributed by atoms with Crippen LogP contribution in [0.5, 0.6) is 0 Å². The lowest BCUT2D eigenvalue weighted by atomic mass is 10.1. The van der Waals surface area contributed by atoms with E-state index in [0.717, 1.165) is 0 Å². The lowest BCUT2D eigenvalue weighted by Gasteiger charge is -2.35. The van der Waals surface area contributed by atoms with Crippen molar-refractivity contribution < 1.29 is 27.9 Å². The maximum atomic E-state index is 13.2. The van der Waals surface area contributed by atoms with Crippen LogP contribution in [0.4, 0.5) is 13.2 Å². The van der Waals surface area contributed by atoms with E-state index < -0.39 is 35.4 Å². The van der Waals surface area contributed by atoms with Gasteiger partial charge in [-0.15, -0.1) is 0 Å². The Morgan fingerprint density at radius 1 is 1.05 bits per heavy atom. The summed E-state index contributed by atoms with van der Waals surface area (Å²) in [4.78, 5) is 26.5. The minimum Gasteiger partial charge on any atom is -0.384 e. The molecule has 1 aromatic rings. The topological polar surface area (TPSA) is 60.9 Å². The lowest BCUT2D eigenvalue weighted by molar-refractivity contribution is -0.140. The number of carbonyl (C=O) groups excluding carboxylic acids is 2. The van der Waals surface area contributed by atoms with Crippen LogP contribution in [0.3, 0.4) is 0 Å². The molecule has 1 aliphatic rings. The predicted molar refractivity (Wildman–Crippen MR) is 70.5 cm³/mol. The minimum atomic E-state index is -1.62. The summed E-state index contributed by atoms with van der Waals surface area (Å²) in [5.41, 5.74) is -0.285. The van der Waals surface area contributed by atoms with Crippen molar-refractivity contribution in [3.8, 4) is 0 Å². The monoisotopic (exact) mass is 316 g/mol. The van der Waals surface area contributed by atoms with Crippen LogP contribution in [0, 0.1) is 17.5 Å². The van der Waals surface area contributed by atoms with E-state index in [1.165, 1.54) is 16.7 Å². The number of benzene rings is 1. The van der Waals surface area contributed by atoms with Gasteiger partial charge in [0.2, 0.25) is 0 Å². The lowest BCUT2D eigenvalue weighted by Crippen LogP contribution is -2.52. The van der Waals surface area contributed by atoms with Gasteiger partial charge in [-0.05, 0) is 19.1 Å². The van der Waals surface area contributed by atoms with Gasteiger partial charge in [-0.25, -0.2) is 13.2 Å². The molecule has 0 spiro atoms. The van der Waals surface area contributed by atoms with E-state index in [9.17, 15) is 27.9 Å². The SMILES string of the molecule is CC(O)C(=O)N1CCN(C(=O)c2cc(F)c(F)c(F)c2)CC1. The van der Waals surface area contributed by atoms with Crippen LogP contribution in [0.25, 0.3) is 0 Å². The van der Waals surface area contributed by atoms with Crippen molar-refractivity contribution >= 4 is 11.8 Å². The molecule has 1 heterocycles. The van der Waals surface area contributed by atoms with Gasteiger partial charge in [0.05, 0.1) is 0 Å². The number of hydrogen-bond donors (Lipinski definition) is 1. The fraction of sp³-hybridized carbons (Fsp3) is 0.429. The zero-order chi connectivity index (χ0) is 16.4. The summed E-state index contributed by atoms with van der Waals surface area (Å²) in [6.07, 6.45) is -1.12. The van der Waals surface area contributed by atoms with Gasteiger partial charge in [0, 0.05) is 31.7 Å². The Morgan fingerprint density at radius 3 is 1.95 bits per heavy atom. The molecule has 0 aliphatic carbocycles. The Hall–Kier alpha value is -2.09. The number of aliphatic hydroxyl groups excluding tert-OH is 1. The largest absolute Gasteiger partial charge is 0.384 e. The van der Waals surface area contributed by atoms with Crippen LogP contribution >= 0.6 is 0 Å². The van der Waals surface area contributed by atoms with E-state index in [4.69, 9.17) is 0 Å². The molecule has 1 unspecified atom stereocenters. The van der Waals surface area contributed by atoms with Crippen molar-refractivity contribution in [2.24, 2.45) is 0 Å². The van der Waals surface area contributed by atoms with Gasteiger partial charge in [0.1, 0.15) is 6.10 Å². The average Bonchev–Trinajstić information content (AvgIpc) is 2.50. The summed E-state index contributed by atoms with van der Waals surface area (Å²) in [6.45, 7) is 2.10. The standard InChI is InChI=1S/C14H15F3N2O3/c1-8(20)13(21)18-2-4-19(5-3-18)14(22)9-6-10(15)12(17)11(16)7-9/h6-8,20H,2-5H2,1H3. The molecule has 1 saturated heterocycles.